The first-order valence-electron chi connectivity index (χ1n) is 5.47. The summed E-state index contributed by atoms with van der Waals surface area (Å²) in [5.74, 6) is 0.823. The van der Waals surface area contributed by atoms with E-state index >= 15 is 0 Å². The SMILES string of the molecule is COc1ccccc1Nc1ccc(N)cc1C. The van der Waals surface area contributed by atoms with Crippen molar-refractivity contribution in [3.63, 3.8) is 0 Å². The highest BCUT2D eigenvalue weighted by Gasteiger charge is 2.03. The van der Waals surface area contributed by atoms with Gasteiger partial charge in [0.1, 0.15) is 5.75 Å². The molecule has 0 aliphatic rings. The lowest BCUT2D eigenvalue weighted by Gasteiger charge is -2.13. The molecule has 2 aromatic carbocycles. The maximum absolute atomic E-state index is 5.72. The van der Waals surface area contributed by atoms with Crippen LogP contribution in [-0.2, 0) is 0 Å². The summed E-state index contributed by atoms with van der Waals surface area (Å²) in [6.45, 7) is 2.02. The molecule has 0 spiro atoms. The zero-order chi connectivity index (χ0) is 12.3. The van der Waals surface area contributed by atoms with Gasteiger partial charge in [-0.15, -0.1) is 0 Å². The van der Waals surface area contributed by atoms with Crippen molar-refractivity contribution in [2.75, 3.05) is 18.2 Å². The quantitative estimate of drug-likeness (QED) is 0.792. The molecule has 3 N–H and O–H groups in total. The molecule has 0 heterocycles. The van der Waals surface area contributed by atoms with Crippen LogP contribution in [-0.4, -0.2) is 7.11 Å². The lowest BCUT2D eigenvalue weighted by molar-refractivity contribution is 0.417. The standard InChI is InChI=1S/C14H16N2O/c1-10-9-11(15)7-8-12(10)16-13-5-3-4-6-14(13)17-2/h3-9,16H,15H2,1-2H3. The van der Waals surface area contributed by atoms with Crippen LogP contribution in [0.5, 0.6) is 5.75 Å². The first-order valence-corrected chi connectivity index (χ1v) is 5.47. The van der Waals surface area contributed by atoms with Gasteiger partial charge in [-0.2, -0.15) is 0 Å². The van der Waals surface area contributed by atoms with Crippen LogP contribution in [0.15, 0.2) is 42.5 Å². The number of ether oxygens (including phenoxy) is 1. The fourth-order valence-electron chi connectivity index (χ4n) is 1.72. The molecule has 0 radical (unpaired) electrons. The number of methoxy groups -OCH3 is 1. The van der Waals surface area contributed by atoms with Gasteiger partial charge in [-0.05, 0) is 42.8 Å². The first kappa shape index (κ1) is 11.3. The van der Waals surface area contributed by atoms with E-state index in [1.165, 1.54) is 0 Å². The highest BCUT2D eigenvalue weighted by atomic mass is 16.5. The van der Waals surface area contributed by atoms with Crippen LogP contribution < -0.4 is 15.8 Å². The maximum atomic E-state index is 5.72. The molecule has 17 heavy (non-hydrogen) atoms. The van der Waals surface area contributed by atoms with Gasteiger partial charge in [-0.25, -0.2) is 0 Å². The van der Waals surface area contributed by atoms with Crippen molar-refractivity contribution in [2.45, 2.75) is 6.92 Å². The number of nitrogens with one attached hydrogen (secondary N) is 1. The van der Waals surface area contributed by atoms with Crippen LogP contribution in [0.4, 0.5) is 17.1 Å². The number of hydrogen-bond acceptors (Lipinski definition) is 3. The van der Waals surface area contributed by atoms with Gasteiger partial charge in [0, 0.05) is 11.4 Å². The molecule has 3 nitrogen and oxygen atoms in total. The van der Waals surface area contributed by atoms with Crippen molar-refractivity contribution in [1.29, 1.82) is 0 Å². The average Bonchev–Trinajstić information content (AvgIpc) is 2.33. The monoisotopic (exact) mass is 228 g/mol. The van der Waals surface area contributed by atoms with Crippen molar-refractivity contribution >= 4 is 17.1 Å². The van der Waals surface area contributed by atoms with E-state index in [1.807, 2.05) is 49.4 Å². The molecule has 0 saturated carbocycles. The van der Waals surface area contributed by atoms with Crippen molar-refractivity contribution in [3.05, 3.63) is 48.0 Å². The summed E-state index contributed by atoms with van der Waals surface area (Å²) >= 11 is 0. The lowest BCUT2D eigenvalue weighted by Crippen LogP contribution is -1.97. The Morgan fingerprint density at radius 3 is 2.53 bits per heavy atom. The summed E-state index contributed by atoms with van der Waals surface area (Å²) in [6, 6.07) is 13.6. The molecule has 0 bridgehead atoms. The Balaban J connectivity index is 2.31. The first-order chi connectivity index (χ1) is 8.20. The predicted molar refractivity (Wildman–Crippen MR) is 71.9 cm³/mol. The van der Waals surface area contributed by atoms with Gasteiger partial charge in [-0.1, -0.05) is 12.1 Å². The summed E-state index contributed by atoms with van der Waals surface area (Å²) < 4.78 is 5.29. The van der Waals surface area contributed by atoms with E-state index in [2.05, 4.69) is 5.32 Å². The Bertz CT molecular complexity index is 523. The van der Waals surface area contributed by atoms with E-state index in [-0.39, 0.29) is 0 Å². The molecular formula is C14H16N2O. The van der Waals surface area contributed by atoms with E-state index in [4.69, 9.17) is 10.5 Å². The topological polar surface area (TPSA) is 47.3 Å². The second-order valence-corrected chi connectivity index (χ2v) is 3.90. The summed E-state index contributed by atoms with van der Waals surface area (Å²) in [4.78, 5) is 0. The largest absolute Gasteiger partial charge is 0.495 e. The Kier molecular flexibility index (Phi) is 3.19. The Morgan fingerprint density at radius 1 is 1.06 bits per heavy atom. The van der Waals surface area contributed by atoms with E-state index in [1.54, 1.807) is 7.11 Å². The van der Waals surface area contributed by atoms with Gasteiger partial charge in [0.15, 0.2) is 0 Å². The average molecular weight is 228 g/mol. The summed E-state index contributed by atoms with van der Waals surface area (Å²) in [6.07, 6.45) is 0. The third-order valence-electron chi connectivity index (χ3n) is 2.63. The summed E-state index contributed by atoms with van der Waals surface area (Å²) in [5, 5.41) is 3.34. The van der Waals surface area contributed by atoms with Crippen LogP contribution in [0.3, 0.4) is 0 Å². The number of hydrogen-bond donors (Lipinski definition) is 2. The highest BCUT2D eigenvalue weighted by molar-refractivity contribution is 5.69. The minimum Gasteiger partial charge on any atom is -0.495 e. The number of anilines is 3. The minimum absolute atomic E-state index is 0.771. The van der Waals surface area contributed by atoms with E-state index in [0.29, 0.717) is 0 Å². The fourth-order valence-corrected chi connectivity index (χ4v) is 1.72. The van der Waals surface area contributed by atoms with Gasteiger partial charge in [-0.3, -0.25) is 0 Å². The van der Waals surface area contributed by atoms with E-state index < -0.39 is 0 Å². The molecule has 0 saturated heterocycles. The van der Waals surface area contributed by atoms with Crippen molar-refractivity contribution in [1.82, 2.24) is 0 Å². The molecule has 0 aliphatic heterocycles. The molecule has 2 aromatic rings. The molecular weight excluding hydrogens is 212 g/mol. The van der Waals surface area contributed by atoms with Crippen molar-refractivity contribution in [3.8, 4) is 5.75 Å². The number of nitrogen functional groups attached to an aromatic ring is 1. The second kappa shape index (κ2) is 4.78. The van der Waals surface area contributed by atoms with E-state index in [9.17, 15) is 0 Å². The van der Waals surface area contributed by atoms with Gasteiger partial charge >= 0.3 is 0 Å². The Labute approximate surface area is 101 Å². The zero-order valence-corrected chi connectivity index (χ0v) is 10.0. The lowest BCUT2D eigenvalue weighted by atomic mass is 10.1. The summed E-state index contributed by atoms with van der Waals surface area (Å²) in [5.41, 5.74) is 9.58. The fraction of sp³-hybridized carbons (Fsp3) is 0.143. The molecule has 3 heteroatoms. The molecule has 0 fully saturated rings. The van der Waals surface area contributed by atoms with Gasteiger partial charge in [0.25, 0.3) is 0 Å². The number of aryl methyl sites for hydroxylation is 1. The minimum atomic E-state index is 0.771. The molecule has 0 atom stereocenters. The number of rotatable bonds is 3. The molecule has 0 aromatic heterocycles. The smallest absolute Gasteiger partial charge is 0.142 e. The van der Waals surface area contributed by atoms with Crippen molar-refractivity contribution < 1.29 is 4.74 Å². The number of nitrogens with two attached hydrogens (primary N) is 1. The number of benzene rings is 2. The molecule has 0 amide bonds. The normalized spacial score (nSPS) is 10.0. The molecule has 2 rings (SSSR count). The molecule has 0 unspecified atom stereocenters. The van der Waals surface area contributed by atoms with Gasteiger partial charge in [0.05, 0.1) is 12.8 Å². The van der Waals surface area contributed by atoms with Crippen LogP contribution in [0, 0.1) is 6.92 Å². The highest BCUT2D eigenvalue weighted by Crippen LogP contribution is 2.29. The Hall–Kier alpha value is -2.16. The third-order valence-corrected chi connectivity index (χ3v) is 2.63. The third kappa shape index (κ3) is 2.50. The van der Waals surface area contributed by atoms with Gasteiger partial charge in [0.2, 0.25) is 0 Å². The van der Waals surface area contributed by atoms with Gasteiger partial charge < -0.3 is 15.8 Å². The second-order valence-electron chi connectivity index (χ2n) is 3.90. The van der Waals surface area contributed by atoms with Crippen LogP contribution in [0.2, 0.25) is 0 Å². The zero-order valence-electron chi connectivity index (χ0n) is 10.0. The Morgan fingerprint density at radius 2 is 1.82 bits per heavy atom. The number of para-hydroxylation sites is 2. The van der Waals surface area contributed by atoms with Crippen LogP contribution in [0.25, 0.3) is 0 Å². The van der Waals surface area contributed by atoms with Crippen LogP contribution >= 0.6 is 0 Å². The van der Waals surface area contributed by atoms with Crippen LogP contribution in [0.1, 0.15) is 5.56 Å². The van der Waals surface area contributed by atoms with E-state index in [0.717, 1.165) is 28.4 Å². The van der Waals surface area contributed by atoms with Crippen molar-refractivity contribution in [2.24, 2.45) is 0 Å². The summed E-state index contributed by atoms with van der Waals surface area (Å²) in [7, 11) is 1.66. The maximum Gasteiger partial charge on any atom is 0.142 e. The molecule has 0 aliphatic carbocycles. The predicted octanol–water partition coefficient (Wildman–Crippen LogP) is 3.33. The molecule has 88 valence electrons.